The summed E-state index contributed by atoms with van der Waals surface area (Å²) in [5, 5.41) is 2.82. The van der Waals surface area contributed by atoms with Gasteiger partial charge in [0.1, 0.15) is 5.82 Å². The maximum absolute atomic E-state index is 13.0. The Hall–Kier alpha value is -3.17. The second-order valence-corrected chi connectivity index (χ2v) is 10.1. The number of hydrogen-bond acceptors (Lipinski definition) is 6. The molecule has 1 unspecified atom stereocenters. The van der Waals surface area contributed by atoms with E-state index in [1.54, 1.807) is 26.3 Å². The smallest absolute Gasteiger partial charge is 0.210 e. The Morgan fingerprint density at radius 2 is 1.79 bits per heavy atom. The number of ether oxygens (including phenoxy) is 1. The van der Waals surface area contributed by atoms with E-state index in [4.69, 9.17) is 10.5 Å². The van der Waals surface area contributed by atoms with E-state index in [0.29, 0.717) is 25.0 Å². The highest BCUT2D eigenvalue weighted by Crippen LogP contribution is 2.29. The molecule has 0 bridgehead atoms. The third-order valence-corrected chi connectivity index (χ3v) is 7.61. The van der Waals surface area contributed by atoms with E-state index in [9.17, 15) is 14.0 Å². The van der Waals surface area contributed by atoms with Crippen molar-refractivity contribution in [1.29, 1.82) is 0 Å². The lowest BCUT2D eigenvalue weighted by molar-refractivity contribution is -0.120. The summed E-state index contributed by atoms with van der Waals surface area (Å²) in [7, 11) is 3.19. The molecule has 2 saturated heterocycles. The van der Waals surface area contributed by atoms with Crippen molar-refractivity contribution in [1.82, 2.24) is 15.1 Å². The van der Waals surface area contributed by atoms with E-state index in [1.807, 2.05) is 12.1 Å². The molecule has 0 aromatic heterocycles. The zero-order valence-corrected chi connectivity index (χ0v) is 22.6. The van der Waals surface area contributed by atoms with E-state index >= 15 is 0 Å². The molecule has 1 atom stereocenters. The SMILES string of the molecule is COCC(c1cccc(F)c1)N(C)C=O.Nc1ccccc1N1CCC(N2CCC(CNC=O)CC2)CC1. The fourth-order valence-electron chi connectivity index (χ4n) is 5.38. The molecule has 3 N–H and O–H groups in total. The Bertz CT molecular complexity index is 994. The molecular formula is C29H42FN5O3. The second-order valence-electron chi connectivity index (χ2n) is 10.1. The molecule has 4 rings (SSSR count). The Labute approximate surface area is 225 Å². The summed E-state index contributed by atoms with van der Waals surface area (Å²) in [6.45, 7) is 5.70. The number of nitrogens with two attached hydrogens (primary N) is 1. The molecule has 0 aliphatic carbocycles. The molecule has 0 radical (unpaired) electrons. The average molecular weight is 528 g/mol. The van der Waals surface area contributed by atoms with Gasteiger partial charge in [-0.2, -0.15) is 0 Å². The molecule has 2 heterocycles. The van der Waals surface area contributed by atoms with E-state index in [0.717, 1.165) is 37.3 Å². The Morgan fingerprint density at radius 3 is 2.39 bits per heavy atom. The van der Waals surface area contributed by atoms with Crippen LogP contribution in [0, 0.1) is 11.7 Å². The number of nitrogen functional groups attached to an aromatic ring is 1. The van der Waals surface area contributed by atoms with Crippen LogP contribution in [0.5, 0.6) is 0 Å². The van der Waals surface area contributed by atoms with Gasteiger partial charge in [-0.3, -0.25) is 9.59 Å². The number of piperidine rings is 2. The van der Waals surface area contributed by atoms with Crippen LogP contribution in [-0.2, 0) is 14.3 Å². The van der Waals surface area contributed by atoms with Crippen molar-refractivity contribution in [3.8, 4) is 0 Å². The van der Waals surface area contributed by atoms with Crippen LogP contribution in [-0.4, -0.2) is 82.1 Å². The number of amides is 2. The van der Waals surface area contributed by atoms with Crippen LogP contribution < -0.4 is 16.0 Å². The molecular weight excluding hydrogens is 485 g/mol. The van der Waals surface area contributed by atoms with Gasteiger partial charge in [0.25, 0.3) is 0 Å². The Balaban J connectivity index is 0.000000232. The second kappa shape index (κ2) is 15.3. The largest absolute Gasteiger partial charge is 0.397 e. The number of carbonyl (C=O) groups excluding carboxylic acids is 2. The number of nitrogens with one attached hydrogen (secondary N) is 1. The van der Waals surface area contributed by atoms with Gasteiger partial charge in [-0.15, -0.1) is 0 Å². The van der Waals surface area contributed by atoms with Crippen molar-refractivity contribution < 1.29 is 18.7 Å². The summed E-state index contributed by atoms with van der Waals surface area (Å²) in [6.07, 6.45) is 6.35. The van der Waals surface area contributed by atoms with Crippen molar-refractivity contribution in [2.45, 2.75) is 37.8 Å². The third-order valence-electron chi connectivity index (χ3n) is 7.61. The first-order valence-corrected chi connectivity index (χ1v) is 13.4. The number of benzene rings is 2. The van der Waals surface area contributed by atoms with Crippen molar-refractivity contribution >= 4 is 24.2 Å². The van der Waals surface area contributed by atoms with Gasteiger partial charge in [0.05, 0.1) is 24.0 Å². The van der Waals surface area contributed by atoms with Crippen LogP contribution in [0.1, 0.15) is 37.3 Å². The Kier molecular flexibility index (Phi) is 11.8. The van der Waals surface area contributed by atoms with Gasteiger partial charge >= 0.3 is 0 Å². The van der Waals surface area contributed by atoms with Crippen LogP contribution in [0.15, 0.2) is 48.5 Å². The van der Waals surface area contributed by atoms with Crippen molar-refractivity contribution in [3.05, 3.63) is 59.9 Å². The molecule has 2 aliphatic rings. The lowest BCUT2D eigenvalue weighted by Gasteiger charge is -2.42. The maximum atomic E-state index is 13.0. The molecule has 2 amide bonds. The van der Waals surface area contributed by atoms with Crippen molar-refractivity contribution in [2.75, 3.05) is 64.1 Å². The number of anilines is 2. The standard InChI is InChI=1S/C18H28N4O.C11H14FNO2/c19-17-3-1-2-4-18(17)22-11-7-16(8-12-22)21-9-5-15(6-10-21)13-20-14-23;1-13(8-14)11(7-15-2)9-4-3-5-10(12)6-9/h1-4,14-16H,5-13,19H2,(H,20,23);3-6,8,11H,7H2,1-2H3. The number of para-hydroxylation sites is 2. The number of nitrogens with zero attached hydrogens (tertiary/aromatic N) is 3. The van der Waals surface area contributed by atoms with E-state index in [1.165, 1.54) is 61.5 Å². The average Bonchev–Trinajstić information content (AvgIpc) is 2.95. The quantitative estimate of drug-likeness (QED) is 0.364. The molecule has 0 saturated carbocycles. The number of hydrogen-bond donors (Lipinski definition) is 2. The fraction of sp³-hybridized carbons (Fsp3) is 0.517. The predicted molar refractivity (Wildman–Crippen MR) is 149 cm³/mol. The molecule has 8 nitrogen and oxygen atoms in total. The Morgan fingerprint density at radius 1 is 1.08 bits per heavy atom. The topological polar surface area (TPSA) is 91.1 Å². The van der Waals surface area contributed by atoms with Crippen LogP contribution in [0.4, 0.5) is 15.8 Å². The summed E-state index contributed by atoms with van der Waals surface area (Å²) in [5.41, 5.74) is 8.90. The zero-order valence-electron chi connectivity index (χ0n) is 22.6. The van der Waals surface area contributed by atoms with Gasteiger partial charge in [0.15, 0.2) is 0 Å². The molecule has 9 heteroatoms. The van der Waals surface area contributed by atoms with Crippen molar-refractivity contribution in [3.63, 3.8) is 0 Å². The highest BCUT2D eigenvalue weighted by molar-refractivity contribution is 5.67. The van der Waals surface area contributed by atoms with Gasteiger partial charge in [-0.25, -0.2) is 4.39 Å². The van der Waals surface area contributed by atoms with Crippen LogP contribution in [0.3, 0.4) is 0 Å². The van der Waals surface area contributed by atoms with Gasteiger partial charge in [0.2, 0.25) is 12.8 Å². The van der Waals surface area contributed by atoms with Crippen LogP contribution >= 0.6 is 0 Å². The van der Waals surface area contributed by atoms with Gasteiger partial charge in [-0.05, 0) is 74.5 Å². The number of carbonyl (C=O) groups is 2. The molecule has 2 aromatic rings. The number of likely N-dealkylation sites (tertiary alicyclic amines) is 1. The zero-order chi connectivity index (χ0) is 27.3. The highest BCUT2D eigenvalue weighted by Gasteiger charge is 2.28. The normalized spacial score (nSPS) is 17.7. The van der Waals surface area contributed by atoms with Crippen LogP contribution in [0.25, 0.3) is 0 Å². The number of rotatable bonds is 10. The number of methoxy groups -OCH3 is 1. The number of likely N-dealkylation sites (N-methyl/N-ethyl adjacent to an activating group) is 1. The fourth-order valence-corrected chi connectivity index (χ4v) is 5.38. The van der Waals surface area contributed by atoms with Gasteiger partial charge in [-0.1, -0.05) is 24.3 Å². The molecule has 2 fully saturated rings. The molecule has 2 aliphatic heterocycles. The van der Waals surface area contributed by atoms with Crippen molar-refractivity contribution in [2.24, 2.45) is 5.92 Å². The van der Waals surface area contributed by atoms with Gasteiger partial charge < -0.3 is 30.5 Å². The maximum Gasteiger partial charge on any atom is 0.210 e. The molecule has 208 valence electrons. The highest BCUT2D eigenvalue weighted by atomic mass is 19.1. The van der Waals surface area contributed by atoms with Crippen LogP contribution in [0.2, 0.25) is 0 Å². The van der Waals surface area contributed by atoms with E-state index < -0.39 is 0 Å². The first kappa shape index (κ1) is 29.4. The summed E-state index contributed by atoms with van der Waals surface area (Å²) in [4.78, 5) is 27.6. The summed E-state index contributed by atoms with van der Waals surface area (Å²) < 4.78 is 18.0. The first-order chi connectivity index (χ1) is 18.5. The lowest BCUT2D eigenvalue weighted by atomic mass is 9.93. The van der Waals surface area contributed by atoms with E-state index in [-0.39, 0.29) is 11.9 Å². The van der Waals surface area contributed by atoms with E-state index in [2.05, 4.69) is 27.2 Å². The monoisotopic (exact) mass is 527 g/mol. The minimum Gasteiger partial charge on any atom is -0.397 e. The third kappa shape index (κ3) is 8.43. The molecule has 2 aromatic carbocycles. The number of halogens is 1. The minimum absolute atomic E-state index is 0.247. The van der Waals surface area contributed by atoms with Gasteiger partial charge in [0, 0.05) is 39.8 Å². The summed E-state index contributed by atoms with van der Waals surface area (Å²) in [6, 6.07) is 14.8. The predicted octanol–water partition coefficient (Wildman–Crippen LogP) is 3.30. The minimum atomic E-state index is -0.312. The first-order valence-electron chi connectivity index (χ1n) is 13.4. The summed E-state index contributed by atoms with van der Waals surface area (Å²) >= 11 is 0. The molecule has 38 heavy (non-hydrogen) atoms. The lowest BCUT2D eigenvalue weighted by Crippen LogP contribution is -2.48. The summed E-state index contributed by atoms with van der Waals surface area (Å²) in [5.74, 6) is 0.341. The molecule has 0 spiro atoms.